The summed E-state index contributed by atoms with van der Waals surface area (Å²) in [6, 6.07) is 14.1. The van der Waals surface area contributed by atoms with Gasteiger partial charge in [0.2, 0.25) is 5.91 Å². The molecule has 1 aliphatic rings. The summed E-state index contributed by atoms with van der Waals surface area (Å²) in [5.74, 6) is -0.149. The van der Waals surface area contributed by atoms with Crippen molar-refractivity contribution in [2.75, 3.05) is 49.9 Å². The Morgan fingerprint density at radius 1 is 1.09 bits per heavy atom. The highest BCUT2D eigenvalue weighted by atomic mass is 32.2. The van der Waals surface area contributed by atoms with Crippen molar-refractivity contribution in [3.05, 3.63) is 64.7 Å². The highest BCUT2D eigenvalue weighted by Gasteiger charge is 2.17. The van der Waals surface area contributed by atoms with Crippen molar-refractivity contribution in [2.24, 2.45) is 7.05 Å². The van der Waals surface area contributed by atoms with Gasteiger partial charge in [-0.15, -0.1) is 0 Å². The van der Waals surface area contributed by atoms with Crippen LogP contribution in [0.15, 0.2) is 58.4 Å². The Bertz CT molecular complexity index is 1160. The average Bonchev–Trinajstić information content (AvgIpc) is 2.84. The van der Waals surface area contributed by atoms with E-state index in [2.05, 4.69) is 20.1 Å². The molecule has 3 aromatic rings. The zero-order chi connectivity index (χ0) is 23.2. The summed E-state index contributed by atoms with van der Waals surface area (Å²) in [4.78, 5) is 33.8. The number of anilines is 1. The maximum Gasteiger partial charge on any atom is 0.283 e. The van der Waals surface area contributed by atoms with Gasteiger partial charge < -0.3 is 14.8 Å². The lowest BCUT2D eigenvalue weighted by atomic mass is 10.2. The summed E-state index contributed by atoms with van der Waals surface area (Å²) in [7, 11) is 1.72. The number of carbonyl (C=O) groups excluding carboxylic acids is 1. The van der Waals surface area contributed by atoms with Gasteiger partial charge in [-0.25, -0.2) is 9.37 Å². The molecule has 9 heteroatoms. The van der Waals surface area contributed by atoms with E-state index < -0.39 is 0 Å². The number of fused-ring (bicyclic) bond motifs is 1. The molecule has 1 aromatic heterocycles. The van der Waals surface area contributed by atoms with Crippen LogP contribution in [0, 0.1) is 5.82 Å². The molecule has 1 saturated heterocycles. The molecular formula is C24H28FN5O2S. The number of carbonyl (C=O) groups is 1. The largest absolute Gasteiger partial charge is 0.369 e. The van der Waals surface area contributed by atoms with E-state index in [1.165, 1.54) is 23.9 Å². The Balaban J connectivity index is 1.16. The van der Waals surface area contributed by atoms with Gasteiger partial charge in [0.1, 0.15) is 5.82 Å². The third kappa shape index (κ3) is 5.91. The molecule has 2 aromatic carbocycles. The summed E-state index contributed by atoms with van der Waals surface area (Å²) in [5.41, 5.74) is 2.37. The number of amides is 1. The third-order valence-electron chi connectivity index (χ3n) is 5.83. The first kappa shape index (κ1) is 23.3. The SMILES string of the molecule is Cn1c(=O)c(SCC(=O)NCCCN2CCN(c3ccc(F)cc3)CC2)nc2ccccc21. The minimum Gasteiger partial charge on any atom is -0.369 e. The first-order chi connectivity index (χ1) is 16.0. The molecule has 0 radical (unpaired) electrons. The van der Waals surface area contributed by atoms with Crippen LogP contribution in [0.5, 0.6) is 0 Å². The molecule has 1 amide bonds. The molecule has 2 heterocycles. The smallest absolute Gasteiger partial charge is 0.283 e. The minimum absolute atomic E-state index is 0.0989. The quantitative estimate of drug-likeness (QED) is 0.404. The number of rotatable bonds is 8. The summed E-state index contributed by atoms with van der Waals surface area (Å²) in [6.45, 7) is 5.21. The van der Waals surface area contributed by atoms with Gasteiger partial charge in [-0.2, -0.15) is 0 Å². The number of para-hydroxylation sites is 2. The van der Waals surface area contributed by atoms with Crippen LogP contribution in [0.25, 0.3) is 11.0 Å². The highest BCUT2D eigenvalue weighted by molar-refractivity contribution is 7.99. The fraction of sp³-hybridized carbons (Fsp3) is 0.375. The van der Waals surface area contributed by atoms with Crippen LogP contribution < -0.4 is 15.8 Å². The Morgan fingerprint density at radius 3 is 2.58 bits per heavy atom. The lowest BCUT2D eigenvalue weighted by Gasteiger charge is -2.36. The van der Waals surface area contributed by atoms with E-state index in [4.69, 9.17) is 0 Å². The first-order valence-corrected chi connectivity index (χ1v) is 12.1. The number of thioether (sulfide) groups is 1. The molecular weight excluding hydrogens is 441 g/mol. The van der Waals surface area contributed by atoms with Crippen molar-refractivity contribution in [3.8, 4) is 0 Å². The van der Waals surface area contributed by atoms with Crippen LogP contribution in [0.1, 0.15) is 6.42 Å². The molecule has 0 atom stereocenters. The Hall–Kier alpha value is -2.91. The van der Waals surface area contributed by atoms with Crippen LogP contribution in [-0.4, -0.2) is 65.4 Å². The maximum atomic E-state index is 13.1. The molecule has 1 aliphatic heterocycles. The molecule has 0 bridgehead atoms. The molecule has 0 spiro atoms. The number of hydrogen-bond acceptors (Lipinski definition) is 6. The Morgan fingerprint density at radius 2 is 1.82 bits per heavy atom. The van der Waals surface area contributed by atoms with Gasteiger partial charge in [-0.1, -0.05) is 23.9 Å². The van der Waals surface area contributed by atoms with Crippen LogP contribution in [0.3, 0.4) is 0 Å². The van der Waals surface area contributed by atoms with Crippen molar-refractivity contribution in [1.29, 1.82) is 0 Å². The second kappa shape index (κ2) is 10.8. The molecule has 0 unspecified atom stereocenters. The zero-order valence-electron chi connectivity index (χ0n) is 18.7. The van der Waals surface area contributed by atoms with Gasteiger partial charge in [-0.05, 0) is 49.4 Å². The lowest BCUT2D eigenvalue weighted by Crippen LogP contribution is -2.47. The van der Waals surface area contributed by atoms with Crippen LogP contribution in [0.4, 0.5) is 10.1 Å². The maximum absolute atomic E-state index is 13.1. The fourth-order valence-corrected chi connectivity index (χ4v) is 4.74. The van der Waals surface area contributed by atoms with Gasteiger partial charge in [0.25, 0.3) is 5.56 Å². The summed E-state index contributed by atoms with van der Waals surface area (Å²) < 4.78 is 14.7. The average molecular weight is 470 g/mol. The molecule has 1 fully saturated rings. The molecule has 0 saturated carbocycles. The number of aromatic nitrogens is 2. The van der Waals surface area contributed by atoms with E-state index in [-0.39, 0.29) is 23.0 Å². The minimum atomic E-state index is -0.214. The topological polar surface area (TPSA) is 70.5 Å². The van der Waals surface area contributed by atoms with Crippen LogP contribution in [0.2, 0.25) is 0 Å². The van der Waals surface area contributed by atoms with E-state index in [9.17, 15) is 14.0 Å². The summed E-state index contributed by atoms with van der Waals surface area (Å²) in [6.07, 6.45) is 0.864. The van der Waals surface area contributed by atoms with E-state index in [1.807, 2.05) is 36.4 Å². The third-order valence-corrected chi connectivity index (χ3v) is 6.78. The normalized spacial score (nSPS) is 14.5. The van der Waals surface area contributed by atoms with Gasteiger partial charge in [0.15, 0.2) is 5.03 Å². The molecule has 174 valence electrons. The van der Waals surface area contributed by atoms with Crippen molar-refractivity contribution in [3.63, 3.8) is 0 Å². The van der Waals surface area contributed by atoms with Crippen molar-refractivity contribution < 1.29 is 9.18 Å². The summed E-state index contributed by atoms with van der Waals surface area (Å²) in [5, 5.41) is 3.27. The van der Waals surface area contributed by atoms with Crippen molar-refractivity contribution in [1.82, 2.24) is 19.8 Å². The second-order valence-corrected chi connectivity index (χ2v) is 9.03. The molecule has 4 rings (SSSR count). The molecule has 1 N–H and O–H groups in total. The highest BCUT2D eigenvalue weighted by Crippen LogP contribution is 2.17. The van der Waals surface area contributed by atoms with Gasteiger partial charge in [0.05, 0.1) is 16.8 Å². The predicted molar refractivity (Wildman–Crippen MR) is 130 cm³/mol. The first-order valence-electron chi connectivity index (χ1n) is 11.1. The van der Waals surface area contributed by atoms with Crippen molar-refractivity contribution in [2.45, 2.75) is 11.4 Å². The number of hydrogen-bond donors (Lipinski definition) is 1. The number of nitrogens with one attached hydrogen (secondary N) is 1. The number of halogens is 1. The summed E-state index contributed by atoms with van der Waals surface area (Å²) >= 11 is 1.17. The van der Waals surface area contributed by atoms with Gasteiger partial charge >= 0.3 is 0 Å². The number of piperazine rings is 1. The predicted octanol–water partition coefficient (Wildman–Crippen LogP) is 2.49. The zero-order valence-corrected chi connectivity index (χ0v) is 19.5. The van der Waals surface area contributed by atoms with E-state index in [1.54, 1.807) is 11.6 Å². The number of aryl methyl sites for hydroxylation is 1. The Kier molecular flexibility index (Phi) is 7.61. The molecule has 0 aliphatic carbocycles. The Labute approximate surface area is 196 Å². The molecule has 33 heavy (non-hydrogen) atoms. The number of nitrogens with zero attached hydrogens (tertiary/aromatic N) is 4. The van der Waals surface area contributed by atoms with Crippen molar-refractivity contribution >= 4 is 34.4 Å². The standard InChI is InChI=1S/C24H28FN5O2S/c1-28-21-6-3-2-5-20(21)27-23(24(28)32)33-17-22(31)26-11-4-12-29-13-15-30(16-14-29)19-9-7-18(25)8-10-19/h2-3,5-10H,4,11-17H2,1H3,(H,26,31). The van der Waals surface area contributed by atoms with Gasteiger partial charge in [0, 0.05) is 45.5 Å². The molecule has 7 nitrogen and oxygen atoms in total. The van der Waals surface area contributed by atoms with Crippen LogP contribution in [-0.2, 0) is 11.8 Å². The number of benzene rings is 2. The fourth-order valence-electron chi connectivity index (χ4n) is 3.94. The van der Waals surface area contributed by atoms with E-state index in [0.717, 1.165) is 55.9 Å². The van der Waals surface area contributed by atoms with Crippen LogP contribution >= 0.6 is 11.8 Å². The van der Waals surface area contributed by atoms with Gasteiger partial charge in [-0.3, -0.25) is 14.5 Å². The second-order valence-electron chi connectivity index (χ2n) is 8.07. The van der Waals surface area contributed by atoms with E-state index >= 15 is 0 Å². The van der Waals surface area contributed by atoms with E-state index in [0.29, 0.717) is 11.6 Å². The monoisotopic (exact) mass is 469 g/mol. The lowest BCUT2D eigenvalue weighted by molar-refractivity contribution is -0.118.